The van der Waals surface area contributed by atoms with E-state index in [4.69, 9.17) is 4.74 Å². The van der Waals surface area contributed by atoms with E-state index in [0.29, 0.717) is 5.92 Å². The molecule has 0 spiro atoms. The van der Waals surface area contributed by atoms with E-state index < -0.39 is 5.60 Å². The Morgan fingerprint density at radius 1 is 1.26 bits per heavy atom. The summed E-state index contributed by atoms with van der Waals surface area (Å²) in [4.78, 5) is 12.1. The van der Waals surface area contributed by atoms with Crippen molar-refractivity contribution in [2.24, 2.45) is 17.8 Å². The molecule has 3 saturated carbocycles. The van der Waals surface area contributed by atoms with Gasteiger partial charge in [0.25, 0.3) is 0 Å². The molecular weight excluding hydrogens is 240 g/mol. The molecule has 0 radical (unpaired) electrons. The standard InChI is InChI=1S/C15H26N2O2/c1-14(2,3)19-13(18)17-15-6-4-10(5-7-15)11-8-16-9-12(11)15/h10-12,16H,4-9H2,1-3H3,(H,17,18). The number of hydrogen-bond donors (Lipinski definition) is 2. The molecule has 2 unspecified atom stereocenters. The smallest absolute Gasteiger partial charge is 0.408 e. The lowest BCUT2D eigenvalue weighted by molar-refractivity contribution is -0.00920. The predicted octanol–water partition coefficient (Wildman–Crippen LogP) is 2.29. The van der Waals surface area contributed by atoms with Crippen molar-refractivity contribution in [3.8, 4) is 0 Å². The number of hydrogen-bond acceptors (Lipinski definition) is 3. The first kappa shape index (κ1) is 13.2. The molecule has 4 nitrogen and oxygen atoms in total. The van der Waals surface area contributed by atoms with Gasteiger partial charge in [0.1, 0.15) is 5.60 Å². The van der Waals surface area contributed by atoms with Gasteiger partial charge in [-0.1, -0.05) is 0 Å². The van der Waals surface area contributed by atoms with Crippen molar-refractivity contribution in [2.75, 3.05) is 13.1 Å². The van der Waals surface area contributed by atoms with E-state index in [1.807, 2.05) is 20.8 Å². The van der Waals surface area contributed by atoms with Crippen LogP contribution < -0.4 is 10.6 Å². The molecule has 4 rings (SSSR count). The summed E-state index contributed by atoms with van der Waals surface area (Å²) in [5.74, 6) is 2.24. The van der Waals surface area contributed by atoms with Crippen LogP contribution in [0.2, 0.25) is 0 Å². The monoisotopic (exact) mass is 266 g/mol. The van der Waals surface area contributed by atoms with E-state index in [9.17, 15) is 4.79 Å². The molecule has 2 bridgehead atoms. The van der Waals surface area contributed by atoms with Crippen molar-refractivity contribution in [1.82, 2.24) is 10.6 Å². The van der Waals surface area contributed by atoms with Gasteiger partial charge in [-0.25, -0.2) is 4.79 Å². The number of alkyl carbamates (subject to hydrolysis) is 1. The third kappa shape index (κ3) is 2.35. The lowest BCUT2D eigenvalue weighted by atomic mass is 9.55. The lowest BCUT2D eigenvalue weighted by Gasteiger charge is -2.54. The SMILES string of the molecule is CC(C)(C)OC(=O)NC12CCC(CC1)C1CNCC12. The second-order valence-electron chi connectivity index (χ2n) is 7.55. The lowest BCUT2D eigenvalue weighted by Crippen LogP contribution is -2.62. The fourth-order valence-electron chi connectivity index (χ4n) is 4.48. The van der Waals surface area contributed by atoms with Crippen molar-refractivity contribution in [1.29, 1.82) is 0 Å². The molecule has 4 aliphatic rings. The molecule has 4 heteroatoms. The molecule has 1 heterocycles. The zero-order valence-corrected chi connectivity index (χ0v) is 12.3. The molecule has 19 heavy (non-hydrogen) atoms. The molecule has 108 valence electrons. The highest BCUT2D eigenvalue weighted by Gasteiger charge is 2.55. The van der Waals surface area contributed by atoms with Gasteiger partial charge in [0, 0.05) is 12.1 Å². The van der Waals surface area contributed by atoms with Gasteiger partial charge < -0.3 is 15.4 Å². The summed E-state index contributed by atoms with van der Waals surface area (Å²) >= 11 is 0. The topological polar surface area (TPSA) is 50.4 Å². The van der Waals surface area contributed by atoms with Crippen LogP contribution in [0, 0.1) is 17.8 Å². The minimum Gasteiger partial charge on any atom is -0.444 e. The van der Waals surface area contributed by atoms with E-state index in [2.05, 4.69) is 10.6 Å². The molecular formula is C15H26N2O2. The summed E-state index contributed by atoms with van der Waals surface area (Å²) in [6, 6.07) is 0. The first-order chi connectivity index (χ1) is 8.90. The molecule has 4 fully saturated rings. The van der Waals surface area contributed by atoms with Crippen LogP contribution in [-0.4, -0.2) is 30.3 Å². The van der Waals surface area contributed by atoms with Gasteiger partial charge in [0.05, 0.1) is 0 Å². The van der Waals surface area contributed by atoms with Crippen LogP contribution in [0.3, 0.4) is 0 Å². The second-order valence-corrected chi connectivity index (χ2v) is 7.55. The Morgan fingerprint density at radius 3 is 2.58 bits per heavy atom. The molecule has 1 aliphatic heterocycles. The largest absolute Gasteiger partial charge is 0.444 e. The van der Waals surface area contributed by atoms with Gasteiger partial charge in [-0.15, -0.1) is 0 Å². The van der Waals surface area contributed by atoms with Crippen LogP contribution in [0.25, 0.3) is 0 Å². The Balaban J connectivity index is 1.73. The molecule has 0 aromatic rings. The zero-order chi connectivity index (χ0) is 13.7. The van der Waals surface area contributed by atoms with E-state index >= 15 is 0 Å². The van der Waals surface area contributed by atoms with Gasteiger partial charge >= 0.3 is 6.09 Å². The van der Waals surface area contributed by atoms with E-state index in [-0.39, 0.29) is 11.6 Å². The average Bonchev–Trinajstić information content (AvgIpc) is 2.78. The van der Waals surface area contributed by atoms with Crippen molar-refractivity contribution >= 4 is 6.09 Å². The molecule has 1 amide bonds. The maximum Gasteiger partial charge on any atom is 0.408 e. The van der Waals surface area contributed by atoms with Gasteiger partial charge in [-0.3, -0.25) is 0 Å². The second kappa shape index (κ2) is 4.37. The number of ether oxygens (including phenoxy) is 1. The highest BCUT2D eigenvalue weighted by molar-refractivity contribution is 5.69. The summed E-state index contributed by atoms with van der Waals surface area (Å²) in [5.41, 5.74) is -0.425. The minimum absolute atomic E-state index is 0.00868. The van der Waals surface area contributed by atoms with Crippen LogP contribution in [0.15, 0.2) is 0 Å². The Morgan fingerprint density at radius 2 is 1.95 bits per heavy atom. The van der Waals surface area contributed by atoms with Crippen molar-refractivity contribution in [2.45, 2.75) is 57.6 Å². The summed E-state index contributed by atoms with van der Waals surface area (Å²) in [5, 5.41) is 6.77. The number of carbonyl (C=O) groups excluding carboxylic acids is 1. The first-order valence-corrected chi connectivity index (χ1v) is 7.61. The molecule has 2 N–H and O–H groups in total. The van der Waals surface area contributed by atoms with Gasteiger partial charge in [-0.2, -0.15) is 0 Å². The molecule has 0 aromatic heterocycles. The van der Waals surface area contributed by atoms with Crippen molar-refractivity contribution in [3.05, 3.63) is 0 Å². The Labute approximate surface area is 115 Å². The number of nitrogens with one attached hydrogen (secondary N) is 2. The fourth-order valence-corrected chi connectivity index (χ4v) is 4.48. The van der Waals surface area contributed by atoms with E-state index in [1.165, 1.54) is 12.8 Å². The normalized spacial score (nSPS) is 40.9. The van der Waals surface area contributed by atoms with E-state index in [1.54, 1.807) is 0 Å². The number of amides is 1. The molecule has 0 aromatic carbocycles. The van der Waals surface area contributed by atoms with Crippen LogP contribution >= 0.6 is 0 Å². The minimum atomic E-state index is -0.417. The first-order valence-electron chi connectivity index (χ1n) is 7.61. The molecule has 1 saturated heterocycles. The van der Waals surface area contributed by atoms with Crippen molar-refractivity contribution in [3.63, 3.8) is 0 Å². The maximum absolute atomic E-state index is 12.1. The van der Waals surface area contributed by atoms with Crippen LogP contribution in [0.5, 0.6) is 0 Å². The predicted molar refractivity (Wildman–Crippen MR) is 73.9 cm³/mol. The fraction of sp³-hybridized carbons (Fsp3) is 0.933. The zero-order valence-electron chi connectivity index (χ0n) is 12.3. The number of carbonyl (C=O) groups is 1. The van der Waals surface area contributed by atoms with E-state index in [0.717, 1.165) is 37.8 Å². The highest BCUT2D eigenvalue weighted by atomic mass is 16.6. The number of rotatable bonds is 1. The highest BCUT2D eigenvalue weighted by Crippen LogP contribution is 2.52. The summed E-state index contributed by atoms with van der Waals surface area (Å²) in [6.45, 7) is 7.94. The van der Waals surface area contributed by atoms with Gasteiger partial charge in [0.15, 0.2) is 0 Å². The van der Waals surface area contributed by atoms with Crippen LogP contribution in [0.4, 0.5) is 4.79 Å². The third-order valence-electron chi connectivity index (χ3n) is 5.25. The van der Waals surface area contributed by atoms with Crippen LogP contribution in [0.1, 0.15) is 46.5 Å². The van der Waals surface area contributed by atoms with Crippen molar-refractivity contribution < 1.29 is 9.53 Å². The van der Waals surface area contributed by atoms with Crippen LogP contribution in [-0.2, 0) is 4.74 Å². The molecule has 2 atom stereocenters. The Bertz CT molecular complexity index is 367. The Kier molecular flexibility index (Phi) is 3.04. The van der Waals surface area contributed by atoms with Gasteiger partial charge in [0.2, 0.25) is 0 Å². The summed E-state index contributed by atoms with van der Waals surface area (Å²) in [7, 11) is 0. The number of fused-ring (bicyclic) bond motifs is 2. The quantitative estimate of drug-likeness (QED) is 0.765. The summed E-state index contributed by atoms with van der Waals surface area (Å²) < 4.78 is 5.46. The maximum atomic E-state index is 12.1. The average molecular weight is 266 g/mol. The third-order valence-corrected chi connectivity index (χ3v) is 5.25. The summed E-state index contributed by atoms with van der Waals surface area (Å²) in [6.07, 6.45) is 4.54. The molecule has 3 aliphatic carbocycles. The van der Waals surface area contributed by atoms with Gasteiger partial charge in [-0.05, 0) is 70.8 Å². The Hall–Kier alpha value is -0.770.